The minimum atomic E-state index is 0. The third-order valence-corrected chi connectivity index (χ3v) is 6.39. The Labute approximate surface area is 213 Å². The number of para-hydroxylation sites is 1. The minimum Gasteiger partial charge on any atom is -0.373 e. The molecule has 2 unspecified atom stereocenters. The van der Waals surface area contributed by atoms with Gasteiger partial charge in [-0.1, -0.05) is 54.6 Å². The van der Waals surface area contributed by atoms with Crippen LogP contribution in [0.1, 0.15) is 18.1 Å². The van der Waals surface area contributed by atoms with Crippen LogP contribution in [0.15, 0.2) is 71.9 Å². The van der Waals surface area contributed by atoms with E-state index in [4.69, 9.17) is 9.73 Å². The molecule has 3 heterocycles. The fourth-order valence-corrected chi connectivity index (χ4v) is 4.83. The number of rotatable bonds is 5. The molecule has 3 aromatic rings. The number of nitrogens with zero attached hydrogens (tertiary/aromatic N) is 4. The molecular formula is C26H32IN5O. The van der Waals surface area contributed by atoms with Gasteiger partial charge in [0.05, 0.1) is 30.8 Å². The molecular weight excluding hydrogens is 525 g/mol. The zero-order chi connectivity index (χ0) is 21.8. The van der Waals surface area contributed by atoms with Gasteiger partial charge >= 0.3 is 0 Å². The molecule has 0 saturated carbocycles. The Morgan fingerprint density at radius 3 is 2.79 bits per heavy atom. The number of benzene rings is 2. The molecule has 5 rings (SSSR count). The summed E-state index contributed by atoms with van der Waals surface area (Å²) in [6.45, 7) is 8.10. The predicted molar refractivity (Wildman–Crippen MR) is 144 cm³/mol. The Hall–Kier alpha value is -2.23. The number of fused-ring (bicyclic) bond motifs is 2. The minimum absolute atomic E-state index is 0. The molecule has 0 amide bonds. The topological polar surface area (TPSA) is 53.0 Å². The molecule has 0 radical (unpaired) electrons. The lowest BCUT2D eigenvalue weighted by atomic mass is 10.1. The fourth-order valence-electron chi connectivity index (χ4n) is 4.83. The maximum absolute atomic E-state index is 6.17. The molecule has 2 aliphatic heterocycles. The second kappa shape index (κ2) is 11.3. The molecule has 2 atom stereocenters. The second-order valence-corrected chi connectivity index (χ2v) is 8.50. The van der Waals surface area contributed by atoms with Crippen LogP contribution in [0.3, 0.4) is 0 Å². The molecule has 2 fully saturated rings. The van der Waals surface area contributed by atoms with Crippen LogP contribution in [0, 0.1) is 0 Å². The highest BCUT2D eigenvalue weighted by Crippen LogP contribution is 2.25. The van der Waals surface area contributed by atoms with Crippen LogP contribution in [0.25, 0.3) is 10.9 Å². The first-order chi connectivity index (χ1) is 15.8. The van der Waals surface area contributed by atoms with E-state index in [1.807, 2.05) is 12.3 Å². The molecule has 0 aliphatic carbocycles. The van der Waals surface area contributed by atoms with Crippen molar-refractivity contribution >= 4 is 40.8 Å². The number of aliphatic imine (C=N–C) groups is 1. The molecule has 2 saturated heterocycles. The van der Waals surface area contributed by atoms with Crippen LogP contribution in [0.4, 0.5) is 0 Å². The first-order valence-electron chi connectivity index (χ1n) is 11.6. The van der Waals surface area contributed by atoms with Gasteiger partial charge in [0, 0.05) is 44.3 Å². The summed E-state index contributed by atoms with van der Waals surface area (Å²) in [6.07, 6.45) is 2.07. The van der Waals surface area contributed by atoms with Gasteiger partial charge in [0.2, 0.25) is 0 Å². The quantitative estimate of drug-likeness (QED) is 0.293. The van der Waals surface area contributed by atoms with E-state index in [9.17, 15) is 0 Å². The van der Waals surface area contributed by atoms with Gasteiger partial charge < -0.3 is 15.0 Å². The monoisotopic (exact) mass is 557 g/mol. The van der Waals surface area contributed by atoms with E-state index >= 15 is 0 Å². The number of hydrogen-bond acceptors (Lipinski definition) is 4. The number of aromatic nitrogens is 1. The maximum atomic E-state index is 6.17. The van der Waals surface area contributed by atoms with Crippen molar-refractivity contribution in [1.82, 2.24) is 20.1 Å². The van der Waals surface area contributed by atoms with Crippen LogP contribution < -0.4 is 5.32 Å². The van der Waals surface area contributed by atoms with E-state index in [-0.39, 0.29) is 30.1 Å². The van der Waals surface area contributed by atoms with Crippen molar-refractivity contribution in [1.29, 1.82) is 0 Å². The zero-order valence-electron chi connectivity index (χ0n) is 19.1. The van der Waals surface area contributed by atoms with Crippen LogP contribution in [-0.4, -0.2) is 65.7 Å². The highest BCUT2D eigenvalue weighted by Gasteiger charge is 2.41. The van der Waals surface area contributed by atoms with Gasteiger partial charge in [-0.2, -0.15) is 0 Å². The number of hydrogen-bond donors (Lipinski definition) is 1. The molecule has 0 bridgehead atoms. The van der Waals surface area contributed by atoms with Gasteiger partial charge in [-0.3, -0.25) is 9.88 Å². The van der Waals surface area contributed by atoms with E-state index in [1.165, 1.54) is 5.56 Å². The smallest absolute Gasteiger partial charge is 0.194 e. The number of morpholine rings is 1. The van der Waals surface area contributed by atoms with Gasteiger partial charge in [0.25, 0.3) is 0 Å². The van der Waals surface area contributed by atoms with Crippen molar-refractivity contribution in [3.8, 4) is 0 Å². The molecule has 1 aromatic heterocycles. The first kappa shape index (κ1) is 23.9. The van der Waals surface area contributed by atoms with E-state index in [2.05, 4.69) is 81.6 Å². The molecule has 174 valence electrons. The lowest BCUT2D eigenvalue weighted by Gasteiger charge is -2.36. The van der Waals surface area contributed by atoms with E-state index in [1.54, 1.807) is 0 Å². The Balaban J connectivity index is 0.00000259. The normalized spacial score (nSPS) is 21.0. The van der Waals surface area contributed by atoms with Crippen LogP contribution in [-0.2, 0) is 17.8 Å². The van der Waals surface area contributed by atoms with Gasteiger partial charge in [0.1, 0.15) is 0 Å². The summed E-state index contributed by atoms with van der Waals surface area (Å²) in [7, 11) is 0. The first-order valence-corrected chi connectivity index (χ1v) is 11.6. The molecule has 0 spiro atoms. The van der Waals surface area contributed by atoms with Crippen LogP contribution in [0.2, 0.25) is 0 Å². The maximum Gasteiger partial charge on any atom is 0.194 e. The standard InChI is InChI=1S/C26H31N5O.HI/c1-2-27-26(29-16-22-11-6-10-21-12-7-13-28-25(21)22)31-18-23-24(19-31)32-15-14-30(23)17-20-8-4-3-5-9-20;/h3-13,23-24H,2,14-19H2,1H3,(H,27,29);1H. The van der Waals surface area contributed by atoms with E-state index in [0.29, 0.717) is 12.6 Å². The number of ether oxygens (including phenoxy) is 1. The summed E-state index contributed by atoms with van der Waals surface area (Å²) in [5.74, 6) is 0.957. The Kier molecular flexibility index (Phi) is 8.16. The van der Waals surface area contributed by atoms with Gasteiger partial charge in [-0.25, -0.2) is 4.99 Å². The van der Waals surface area contributed by atoms with Crippen molar-refractivity contribution < 1.29 is 4.74 Å². The fraction of sp³-hybridized carbons (Fsp3) is 0.385. The third kappa shape index (κ3) is 5.47. The molecule has 6 nitrogen and oxygen atoms in total. The summed E-state index contributed by atoms with van der Waals surface area (Å²) in [5, 5.41) is 4.65. The Morgan fingerprint density at radius 1 is 1.09 bits per heavy atom. The van der Waals surface area contributed by atoms with E-state index in [0.717, 1.165) is 61.8 Å². The number of guanidine groups is 1. The molecule has 2 aliphatic rings. The summed E-state index contributed by atoms with van der Waals surface area (Å²) >= 11 is 0. The zero-order valence-corrected chi connectivity index (χ0v) is 21.4. The van der Waals surface area contributed by atoms with Gasteiger partial charge in [-0.15, -0.1) is 24.0 Å². The second-order valence-electron chi connectivity index (χ2n) is 8.50. The van der Waals surface area contributed by atoms with Crippen molar-refractivity contribution in [2.24, 2.45) is 4.99 Å². The average Bonchev–Trinajstić information content (AvgIpc) is 3.28. The molecule has 2 aromatic carbocycles. The largest absolute Gasteiger partial charge is 0.373 e. The van der Waals surface area contributed by atoms with Gasteiger partial charge in [-0.05, 0) is 24.1 Å². The van der Waals surface area contributed by atoms with Crippen molar-refractivity contribution in [3.05, 3.63) is 78.0 Å². The van der Waals surface area contributed by atoms with Crippen molar-refractivity contribution in [2.75, 3.05) is 32.8 Å². The number of likely N-dealkylation sites (tertiary alicyclic amines) is 1. The summed E-state index contributed by atoms with van der Waals surface area (Å²) in [6, 6.07) is 21.5. The molecule has 33 heavy (non-hydrogen) atoms. The van der Waals surface area contributed by atoms with Crippen molar-refractivity contribution in [3.63, 3.8) is 0 Å². The van der Waals surface area contributed by atoms with Crippen molar-refractivity contribution in [2.45, 2.75) is 32.2 Å². The SMILES string of the molecule is CCNC(=NCc1cccc2cccnc12)N1CC2OCCN(Cc3ccccc3)C2C1.I. The Morgan fingerprint density at radius 2 is 1.94 bits per heavy atom. The van der Waals surface area contributed by atoms with Crippen LogP contribution in [0.5, 0.6) is 0 Å². The van der Waals surface area contributed by atoms with Crippen LogP contribution >= 0.6 is 24.0 Å². The lowest BCUT2D eigenvalue weighted by molar-refractivity contribution is -0.0502. The summed E-state index contributed by atoms with van der Waals surface area (Å²) in [4.78, 5) is 14.5. The number of halogens is 1. The summed E-state index contributed by atoms with van der Waals surface area (Å²) in [5.41, 5.74) is 3.54. The summed E-state index contributed by atoms with van der Waals surface area (Å²) < 4.78 is 6.17. The van der Waals surface area contributed by atoms with Gasteiger partial charge in [0.15, 0.2) is 5.96 Å². The average molecular weight is 557 g/mol. The number of nitrogens with one attached hydrogen (secondary N) is 1. The lowest BCUT2D eigenvalue weighted by Crippen LogP contribution is -2.50. The Bertz CT molecular complexity index is 1070. The third-order valence-electron chi connectivity index (χ3n) is 6.39. The molecule has 1 N–H and O–H groups in total. The predicted octanol–water partition coefficient (Wildman–Crippen LogP) is 3.90. The van der Waals surface area contributed by atoms with E-state index < -0.39 is 0 Å². The number of pyridine rings is 1. The highest BCUT2D eigenvalue weighted by molar-refractivity contribution is 14.0. The molecule has 7 heteroatoms. The highest BCUT2D eigenvalue weighted by atomic mass is 127.